The molecule has 1 aromatic carbocycles. The number of hydrogen-bond acceptors (Lipinski definition) is 4. The summed E-state index contributed by atoms with van der Waals surface area (Å²) in [5.41, 5.74) is 2.77. The number of nitriles is 1. The molecule has 7 heteroatoms. The molecule has 0 aliphatic rings. The van der Waals surface area contributed by atoms with Gasteiger partial charge in [-0.05, 0) is 31.5 Å². The summed E-state index contributed by atoms with van der Waals surface area (Å²) in [5.74, 6) is 1.06. The summed E-state index contributed by atoms with van der Waals surface area (Å²) in [7, 11) is 0. The number of halogens is 1. The molecular formula is C19H24FN5O. The molecule has 0 spiro atoms. The third-order valence-corrected chi connectivity index (χ3v) is 3.97. The molecule has 2 N–H and O–H groups in total. The highest BCUT2D eigenvalue weighted by atomic mass is 19.1. The van der Waals surface area contributed by atoms with E-state index in [0.29, 0.717) is 30.2 Å². The van der Waals surface area contributed by atoms with E-state index in [4.69, 9.17) is 9.78 Å². The van der Waals surface area contributed by atoms with Gasteiger partial charge in [-0.1, -0.05) is 19.0 Å². The van der Waals surface area contributed by atoms with Crippen molar-refractivity contribution in [1.82, 2.24) is 15.8 Å². The van der Waals surface area contributed by atoms with Crippen molar-refractivity contribution in [3.05, 3.63) is 52.2 Å². The lowest BCUT2D eigenvalue weighted by molar-refractivity contribution is 0.380. The predicted octanol–water partition coefficient (Wildman–Crippen LogP) is 3.07. The third-order valence-electron chi connectivity index (χ3n) is 3.97. The molecule has 0 saturated heterocycles. The first-order valence-electron chi connectivity index (χ1n) is 8.79. The van der Waals surface area contributed by atoms with Gasteiger partial charge in [0, 0.05) is 30.6 Å². The second-order valence-corrected chi connectivity index (χ2v) is 5.70. The number of hydrogen-bond donors (Lipinski definition) is 2. The molecule has 26 heavy (non-hydrogen) atoms. The molecule has 0 aliphatic heterocycles. The zero-order valence-corrected chi connectivity index (χ0v) is 15.4. The lowest BCUT2D eigenvalue weighted by atomic mass is 10.1. The van der Waals surface area contributed by atoms with Crippen LogP contribution in [0.4, 0.5) is 4.39 Å². The number of aryl methyl sites for hydroxylation is 2. The maximum absolute atomic E-state index is 13.9. The van der Waals surface area contributed by atoms with E-state index in [2.05, 4.69) is 20.8 Å². The Labute approximate surface area is 153 Å². The van der Waals surface area contributed by atoms with Gasteiger partial charge in [0.25, 0.3) is 0 Å². The number of aromatic nitrogens is 1. The second kappa shape index (κ2) is 9.56. The highest BCUT2D eigenvalue weighted by Crippen LogP contribution is 2.15. The van der Waals surface area contributed by atoms with Crippen LogP contribution >= 0.6 is 0 Å². The third kappa shape index (κ3) is 4.82. The van der Waals surface area contributed by atoms with Crippen LogP contribution in [0, 0.1) is 17.1 Å². The molecule has 2 aromatic rings. The van der Waals surface area contributed by atoms with Crippen LogP contribution in [0.5, 0.6) is 0 Å². The lowest BCUT2D eigenvalue weighted by Gasteiger charge is -2.12. The van der Waals surface area contributed by atoms with Gasteiger partial charge < -0.3 is 15.2 Å². The lowest BCUT2D eigenvalue weighted by Crippen LogP contribution is -2.37. The fourth-order valence-electron chi connectivity index (χ4n) is 2.58. The highest BCUT2D eigenvalue weighted by Gasteiger charge is 2.13. The summed E-state index contributed by atoms with van der Waals surface area (Å²) in [6.45, 7) is 7.36. The maximum atomic E-state index is 13.9. The quantitative estimate of drug-likeness (QED) is 0.587. The SMILES string of the molecule is CCNC(=NCc1cc(C#N)ccc1F)NCc1c(CC)noc1CC. The molecule has 138 valence electrons. The van der Waals surface area contributed by atoms with Crippen LogP contribution in [-0.2, 0) is 25.9 Å². The van der Waals surface area contributed by atoms with E-state index in [9.17, 15) is 4.39 Å². The van der Waals surface area contributed by atoms with Gasteiger partial charge in [0.1, 0.15) is 11.6 Å². The first-order valence-corrected chi connectivity index (χ1v) is 8.79. The van der Waals surface area contributed by atoms with Gasteiger partial charge in [-0.15, -0.1) is 0 Å². The number of nitrogens with zero attached hydrogens (tertiary/aromatic N) is 3. The minimum absolute atomic E-state index is 0.140. The predicted molar refractivity (Wildman–Crippen MR) is 98.0 cm³/mol. The Morgan fingerprint density at radius 2 is 2.08 bits per heavy atom. The van der Waals surface area contributed by atoms with Gasteiger partial charge in [0.05, 0.1) is 23.9 Å². The molecule has 1 aromatic heterocycles. The monoisotopic (exact) mass is 357 g/mol. The van der Waals surface area contributed by atoms with E-state index in [1.54, 1.807) is 0 Å². The Morgan fingerprint density at radius 3 is 2.73 bits per heavy atom. The molecule has 0 unspecified atom stereocenters. The van der Waals surface area contributed by atoms with Crippen LogP contribution in [-0.4, -0.2) is 17.7 Å². The van der Waals surface area contributed by atoms with Gasteiger partial charge >= 0.3 is 0 Å². The van der Waals surface area contributed by atoms with E-state index >= 15 is 0 Å². The Bertz CT molecular complexity index is 785. The minimum Gasteiger partial charge on any atom is -0.361 e. The van der Waals surface area contributed by atoms with E-state index in [1.807, 2.05) is 26.8 Å². The number of nitrogens with one attached hydrogen (secondary N) is 2. The van der Waals surface area contributed by atoms with E-state index in [0.717, 1.165) is 29.9 Å². The molecule has 0 radical (unpaired) electrons. The minimum atomic E-state index is -0.371. The van der Waals surface area contributed by atoms with Crippen LogP contribution in [0.25, 0.3) is 0 Å². The summed E-state index contributed by atoms with van der Waals surface area (Å²) >= 11 is 0. The zero-order chi connectivity index (χ0) is 18.9. The Hall–Kier alpha value is -2.88. The van der Waals surface area contributed by atoms with E-state index in [-0.39, 0.29) is 12.4 Å². The molecule has 0 atom stereocenters. The highest BCUT2D eigenvalue weighted by molar-refractivity contribution is 5.79. The summed E-state index contributed by atoms with van der Waals surface area (Å²) in [5, 5.41) is 19.4. The van der Waals surface area contributed by atoms with Crippen molar-refractivity contribution in [2.75, 3.05) is 6.54 Å². The summed E-state index contributed by atoms with van der Waals surface area (Å²) in [6, 6.07) is 6.28. The van der Waals surface area contributed by atoms with Crippen molar-refractivity contribution in [3.8, 4) is 6.07 Å². The van der Waals surface area contributed by atoms with Crippen LogP contribution in [0.3, 0.4) is 0 Å². The smallest absolute Gasteiger partial charge is 0.191 e. The van der Waals surface area contributed by atoms with Gasteiger partial charge in [-0.2, -0.15) is 5.26 Å². The number of guanidine groups is 1. The van der Waals surface area contributed by atoms with Gasteiger partial charge in [-0.3, -0.25) is 0 Å². The van der Waals surface area contributed by atoms with Crippen molar-refractivity contribution in [2.45, 2.75) is 46.7 Å². The summed E-state index contributed by atoms with van der Waals surface area (Å²) in [6.07, 6.45) is 1.56. The number of aliphatic imine (C=N–C) groups is 1. The average Bonchev–Trinajstić information content (AvgIpc) is 3.07. The Balaban J connectivity index is 2.13. The van der Waals surface area contributed by atoms with E-state index in [1.165, 1.54) is 18.2 Å². The molecule has 0 aliphatic carbocycles. The molecule has 1 heterocycles. The fourth-order valence-corrected chi connectivity index (χ4v) is 2.58. The van der Waals surface area contributed by atoms with Crippen LogP contribution in [0.1, 0.15) is 48.9 Å². The summed E-state index contributed by atoms with van der Waals surface area (Å²) in [4.78, 5) is 4.42. The number of benzene rings is 1. The van der Waals surface area contributed by atoms with Crippen LogP contribution < -0.4 is 10.6 Å². The zero-order valence-electron chi connectivity index (χ0n) is 15.4. The molecule has 0 fully saturated rings. The van der Waals surface area contributed by atoms with Crippen molar-refractivity contribution < 1.29 is 8.91 Å². The Morgan fingerprint density at radius 1 is 1.27 bits per heavy atom. The maximum Gasteiger partial charge on any atom is 0.191 e. The van der Waals surface area contributed by atoms with Gasteiger partial charge in [0.15, 0.2) is 5.96 Å². The van der Waals surface area contributed by atoms with Crippen molar-refractivity contribution >= 4 is 5.96 Å². The topological polar surface area (TPSA) is 86.2 Å². The largest absolute Gasteiger partial charge is 0.361 e. The van der Waals surface area contributed by atoms with Crippen molar-refractivity contribution in [3.63, 3.8) is 0 Å². The van der Waals surface area contributed by atoms with Crippen molar-refractivity contribution in [2.24, 2.45) is 4.99 Å². The molecule has 0 bridgehead atoms. The first kappa shape index (κ1) is 19.4. The van der Waals surface area contributed by atoms with Crippen LogP contribution in [0.15, 0.2) is 27.7 Å². The molecule has 6 nitrogen and oxygen atoms in total. The molecular weight excluding hydrogens is 333 g/mol. The number of rotatable bonds is 7. The van der Waals surface area contributed by atoms with Gasteiger partial charge in [-0.25, -0.2) is 9.38 Å². The second-order valence-electron chi connectivity index (χ2n) is 5.70. The molecule has 0 saturated carbocycles. The summed E-state index contributed by atoms with van der Waals surface area (Å²) < 4.78 is 19.3. The molecule has 2 rings (SSSR count). The van der Waals surface area contributed by atoms with Crippen molar-refractivity contribution in [1.29, 1.82) is 5.26 Å². The standard InChI is InChI=1S/C19H24FN5O/c1-4-17-15(18(5-2)26-25-17)12-24-19(22-6-3)23-11-14-9-13(10-21)7-8-16(14)20/h7-9H,4-6,11-12H2,1-3H3,(H2,22,23,24). The van der Waals surface area contributed by atoms with Gasteiger partial charge in [0.2, 0.25) is 0 Å². The van der Waals surface area contributed by atoms with Crippen LogP contribution in [0.2, 0.25) is 0 Å². The fraction of sp³-hybridized carbons (Fsp3) is 0.421. The normalized spacial score (nSPS) is 11.3. The average molecular weight is 357 g/mol. The van der Waals surface area contributed by atoms with E-state index < -0.39 is 0 Å². The Kier molecular flexibility index (Phi) is 7.15. The molecule has 0 amide bonds. The first-order chi connectivity index (χ1) is 12.6.